The molecule has 4 heteroatoms. The first kappa shape index (κ1) is 17.6. The summed E-state index contributed by atoms with van der Waals surface area (Å²) in [4.78, 5) is 12.2. The standard InChI is InChI=1S/C20H22N2O2/c1-3-5-12-22-20(23)16(14-21)13-18-17-9-7-6-8-15(17)10-11-19(18)24-4-2/h6-11,13H,3-5,12H2,1-2H3,(H,22,23). The summed E-state index contributed by atoms with van der Waals surface area (Å²) in [6, 6.07) is 13.7. The van der Waals surface area contributed by atoms with Crippen molar-refractivity contribution >= 4 is 22.8 Å². The lowest BCUT2D eigenvalue weighted by Gasteiger charge is -2.11. The lowest BCUT2D eigenvalue weighted by atomic mass is 10.0. The Bertz CT molecular complexity index is 788. The number of carbonyl (C=O) groups excluding carboxylic acids is 1. The second-order valence-electron chi connectivity index (χ2n) is 5.41. The Morgan fingerprint density at radius 3 is 2.75 bits per heavy atom. The smallest absolute Gasteiger partial charge is 0.261 e. The monoisotopic (exact) mass is 322 g/mol. The first-order valence-corrected chi connectivity index (χ1v) is 8.25. The highest BCUT2D eigenvalue weighted by Gasteiger charge is 2.12. The maximum atomic E-state index is 12.2. The van der Waals surface area contributed by atoms with Gasteiger partial charge < -0.3 is 10.1 Å². The summed E-state index contributed by atoms with van der Waals surface area (Å²) >= 11 is 0. The molecule has 0 unspecified atom stereocenters. The van der Waals surface area contributed by atoms with Crippen molar-refractivity contribution in [3.63, 3.8) is 0 Å². The molecular weight excluding hydrogens is 300 g/mol. The number of benzene rings is 2. The van der Waals surface area contributed by atoms with E-state index < -0.39 is 0 Å². The van der Waals surface area contributed by atoms with Crippen LogP contribution in [0.1, 0.15) is 32.3 Å². The van der Waals surface area contributed by atoms with Gasteiger partial charge in [-0.05, 0) is 36.3 Å². The van der Waals surface area contributed by atoms with Crippen LogP contribution in [-0.2, 0) is 4.79 Å². The van der Waals surface area contributed by atoms with Crippen LogP contribution in [0, 0.1) is 11.3 Å². The number of fused-ring (bicyclic) bond motifs is 1. The fourth-order valence-electron chi connectivity index (χ4n) is 2.47. The highest BCUT2D eigenvalue weighted by atomic mass is 16.5. The van der Waals surface area contributed by atoms with E-state index in [2.05, 4.69) is 12.2 Å². The van der Waals surface area contributed by atoms with Crippen LogP contribution >= 0.6 is 0 Å². The summed E-state index contributed by atoms with van der Waals surface area (Å²) in [5, 5.41) is 14.2. The molecule has 0 aliphatic heterocycles. The number of hydrogen-bond donors (Lipinski definition) is 1. The zero-order valence-electron chi connectivity index (χ0n) is 14.1. The maximum absolute atomic E-state index is 12.2. The Hall–Kier alpha value is -2.80. The van der Waals surface area contributed by atoms with Gasteiger partial charge in [-0.2, -0.15) is 5.26 Å². The predicted octanol–water partition coefficient (Wildman–Crippen LogP) is 4.06. The van der Waals surface area contributed by atoms with E-state index in [1.807, 2.05) is 49.4 Å². The number of hydrogen-bond acceptors (Lipinski definition) is 3. The van der Waals surface area contributed by atoms with Crippen LogP contribution in [0.5, 0.6) is 5.75 Å². The minimum Gasteiger partial charge on any atom is -0.493 e. The Morgan fingerprint density at radius 2 is 2.04 bits per heavy atom. The zero-order chi connectivity index (χ0) is 17.4. The van der Waals surface area contributed by atoms with Gasteiger partial charge in [0.25, 0.3) is 5.91 Å². The molecule has 2 aromatic rings. The van der Waals surface area contributed by atoms with E-state index in [0.29, 0.717) is 18.9 Å². The third-order valence-electron chi connectivity index (χ3n) is 3.70. The average Bonchev–Trinajstić information content (AvgIpc) is 2.61. The Balaban J connectivity index is 2.46. The first-order chi connectivity index (χ1) is 11.7. The minimum absolute atomic E-state index is 0.0865. The van der Waals surface area contributed by atoms with Crippen molar-refractivity contribution in [2.75, 3.05) is 13.2 Å². The van der Waals surface area contributed by atoms with Gasteiger partial charge in [-0.3, -0.25) is 4.79 Å². The van der Waals surface area contributed by atoms with Crippen LogP contribution in [0.4, 0.5) is 0 Å². The number of nitrogens with one attached hydrogen (secondary N) is 1. The average molecular weight is 322 g/mol. The van der Waals surface area contributed by atoms with Crippen molar-refractivity contribution in [1.29, 1.82) is 5.26 Å². The zero-order valence-corrected chi connectivity index (χ0v) is 14.1. The van der Waals surface area contributed by atoms with Gasteiger partial charge in [0.1, 0.15) is 17.4 Å². The molecule has 2 aromatic carbocycles. The second-order valence-corrected chi connectivity index (χ2v) is 5.41. The van der Waals surface area contributed by atoms with Crippen molar-refractivity contribution in [2.45, 2.75) is 26.7 Å². The van der Waals surface area contributed by atoms with Gasteiger partial charge in [-0.15, -0.1) is 0 Å². The minimum atomic E-state index is -0.346. The number of carbonyl (C=O) groups is 1. The lowest BCUT2D eigenvalue weighted by Crippen LogP contribution is -2.25. The largest absolute Gasteiger partial charge is 0.493 e. The number of ether oxygens (including phenoxy) is 1. The second kappa shape index (κ2) is 8.73. The quantitative estimate of drug-likeness (QED) is 0.475. The van der Waals surface area contributed by atoms with Crippen LogP contribution in [0.3, 0.4) is 0 Å². The molecule has 1 N–H and O–H groups in total. The normalized spacial score (nSPS) is 11.1. The van der Waals surface area contributed by atoms with E-state index in [9.17, 15) is 10.1 Å². The molecule has 0 heterocycles. The van der Waals surface area contributed by atoms with E-state index in [4.69, 9.17) is 4.74 Å². The molecule has 124 valence electrons. The summed E-state index contributed by atoms with van der Waals surface area (Å²) in [6.45, 7) is 5.05. The fraction of sp³-hybridized carbons (Fsp3) is 0.300. The summed E-state index contributed by atoms with van der Waals surface area (Å²) in [6.07, 6.45) is 3.50. The van der Waals surface area contributed by atoms with Gasteiger partial charge >= 0.3 is 0 Å². The molecule has 1 amide bonds. The van der Waals surface area contributed by atoms with E-state index >= 15 is 0 Å². The van der Waals surface area contributed by atoms with Gasteiger partial charge in [0.05, 0.1) is 6.61 Å². The molecular formula is C20H22N2O2. The summed E-state index contributed by atoms with van der Waals surface area (Å²) in [5.74, 6) is 0.326. The molecule has 0 atom stereocenters. The van der Waals surface area contributed by atoms with Crippen molar-refractivity contribution in [3.8, 4) is 11.8 Å². The van der Waals surface area contributed by atoms with Crippen molar-refractivity contribution in [2.24, 2.45) is 0 Å². The van der Waals surface area contributed by atoms with Crippen molar-refractivity contribution in [1.82, 2.24) is 5.32 Å². The van der Waals surface area contributed by atoms with Crippen LogP contribution in [0.15, 0.2) is 42.0 Å². The SMILES string of the molecule is CCCCNC(=O)C(C#N)=Cc1c(OCC)ccc2ccccc12. The molecule has 0 bridgehead atoms. The Labute approximate surface area is 142 Å². The third kappa shape index (κ3) is 4.14. The van der Waals surface area contributed by atoms with E-state index in [-0.39, 0.29) is 11.5 Å². The van der Waals surface area contributed by atoms with Crippen molar-refractivity contribution in [3.05, 3.63) is 47.5 Å². The van der Waals surface area contributed by atoms with Crippen LogP contribution in [0.2, 0.25) is 0 Å². The molecule has 0 aromatic heterocycles. The summed E-state index contributed by atoms with van der Waals surface area (Å²) in [5.41, 5.74) is 0.848. The fourth-order valence-corrected chi connectivity index (χ4v) is 2.47. The molecule has 0 spiro atoms. The molecule has 0 aliphatic carbocycles. The molecule has 0 radical (unpaired) electrons. The molecule has 0 saturated heterocycles. The van der Waals surface area contributed by atoms with E-state index in [0.717, 1.165) is 29.2 Å². The van der Waals surface area contributed by atoms with E-state index in [1.54, 1.807) is 6.08 Å². The number of nitriles is 1. The van der Waals surface area contributed by atoms with Gasteiger partial charge in [0, 0.05) is 12.1 Å². The molecule has 2 rings (SSSR count). The highest BCUT2D eigenvalue weighted by Crippen LogP contribution is 2.30. The molecule has 0 saturated carbocycles. The third-order valence-corrected chi connectivity index (χ3v) is 3.70. The summed E-state index contributed by atoms with van der Waals surface area (Å²) in [7, 11) is 0. The van der Waals surface area contributed by atoms with Crippen LogP contribution in [-0.4, -0.2) is 19.1 Å². The number of unbranched alkanes of at least 4 members (excludes halogenated alkanes) is 1. The Kier molecular flexibility index (Phi) is 6.39. The molecule has 0 aliphatic rings. The first-order valence-electron chi connectivity index (χ1n) is 8.25. The lowest BCUT2D eigenvalue weighted by molar-refractivity contribution is -0.117. The molecule has 24 heavy (non-hydrogen) atoms. The maximum Gasteiger partial charge on any atom is 0.261 e. The van der Waals surface area contributed by atoms with Gasteiger partial charge in [0.2, 0.25) is 0 Å². The number of rotatable bonds is 7. The summed E-state index contributed by atoms with van der Waals surface area (Å²) < 4.78 is 5.68. The van der Waals surface area contributed by atoms with Crippen LogP contribution in [0.25, 0.3) is 16.8 Å². The van der Waals surface area contributed by atoms with E-state index in [1.165, 1.54) is 0 Å². The number of nitrogens with zero attached hydrogens (tertiary/aromatic N) is 1. The van der Waals surface area contributed by atoms with Gasteiger partial charge in [-0.25, -0.2) is 0 Å². The Morgan fingerprint density at radius 1 is 1.25 bits per heavy atom. The number of amides is 1. The van der Waals surface area contributed by atoms with Crippen LogP contribution < -0.4 is 10.1 Å². The van der Waals surface area contributed by atoms with Gasteiger partial charge in [-0.1, -0.05) is 43.7 Å². The highest BCUT2D eigenvalue weighted by molar-refractivity contribution is 6.04. The van der Waals surface area contributed by atoms with Gasteiger partial charge in [0.15, 0.2) is 0 Å². The topological polar surface area (TPSA) is 62.1 Å². The molecule has 0 fully saturated rings. The molecule has 4 nitrogen and oxygen atoms in total. The predicted molar refractivity (Wildman–Crippen MR) is 96.6 cm³/mol. The van der Waals surface area contributed by atoms with Crippen molar-refractivity contribution < 1.29 is 9.53 Å².